The number of rotatable bonds is 10. The molecule has 34 heteroatoms. The van der Waals surface area contributed by atoms with Gasteiger partial charge in [-0.15, -0.1) is 0 Å². The number of hydrogen-bond acceptors (Lipinski definition) is 16. The zero-order valence-electron chi connectivity index (χ0n) is 68.8. The van der Waals surface area contributed by atoms with Gasteiger partial charge in [0.25, 0.3) is 17.1 Å². The van der Waals surface area contributed by atoms with Crippen molar-refractivity contribution in [1.29, 1.82) is 0 Å². The summed E-state index contributed by atoms with van der Waals surface area (Å²) in [6, 6.07) is 75.1. The molecule has 120 heavy (non-hydrogen) atoms. The van der Waals surface area contributed by atoms with Gasteiger partial charge in [0.1, 0.15) is 45.2 Å². The van der Waals surface area contributed by atoms with Crippen LogP contribution in [0.15, 0.2) is 278 Å². The number of aromatic nitrogens is 4. The second-order valence-electron chi connectivity index (χ2n) is 28.9. The van der Waals surface area contributed by atoms with Gasteiger partial charge in [-0.3, -0.25) is 35.1 Å². The number of benzene rings is 9. The summed E-state index contributed by atoms with van der Waals surface area (Å²) >= 11 is -6.57. The Bertz CT molecular complexity index is 5990. The summed E-state index contributed by atoms with van der Waals surface area (Å²) in [7, 11) is -8.37. The van der Waals surface area contributed by atoms with Crippen LogP contribution in [-0.4, -0.2) is 182 Å². The number of hydrogen-bond donors (Lipinski definition) is 0. The van der Waals surface area contributed by atoms with E-state index in [1.54, 1.807) is 0 Å². The Morgan fingerprint density at radius 2 is 0.392 bits per heavy atom. The molecule has 0 N–H and O–H groups in total. The van der Waals surface area contributed by atoms with E-state index in [9.17, 15) is 35.1 Å². The minimum Gasteiger partial charge on any atom is -0.490 e. The van der Waals surface area contributed by atoms with Crippen LogP contribution >= 0.6 is 0 Å². The number of fused-ring (bicyclic) bond motifs is 28. The maximum absolute atomic E-state index is 9.50. The van der Waals surface area contributed by atoms with Gasteiger partial charge in [-0.2, -0.15) is 0 Å². The molecule has 9 aromatic carbocycles. The maximum atomic E-state index is 9.50. The molecule has 0 spiro atoms. The first-order chi connectivity index (χ1) is 58.5. The molecule has 0 atom stereocenters. The number of amidine groups is 8. The number of aliphatic imine (C=N–C) groups is 8. The molecule has 20 nitrogen and oxygen atoms in total. The Hall–Kier alpha value is -11.1. The third kappa shape index (κ3) is 15.2. The van der Waals surface area contributed by atoms with Gasteiger partial charge in [0.15, 0.2) is 46.7 Å². The Balaban J connectivity index is 0.000000737. The van der Waals surface area contributed by atoms with Crippen molar-refractivity contribution in [3.8, 4) is 0 Å². The minimum absolute atomic E-state index is 0.500. The molecule has 13 aromatic rings. The zero-order chi connectivity index (χ0) is 85.9. The van der Waals surface area contributed by atoms with Crippen LogP contribution in [0, 0.1) is 0 Å². The predicted octanol–water partition coefficient (Wildman–Crippen LogP) is 16.5. The Kier molecular flexibility index (Phi) is 26.1. The average Bonchev–Trinajstić information content (AvgIpc) is 1.55. The molecule has 610 valence electrons. The maximum Gasteiger partial charge on any atom is 0.800 e. The van der Waals surface area contributed by atoms with Crippen molar-refractivity contribution in [2.24, 2.45) is 59.9 Å². The van der Waals surface area contributed by atoms with Crippen molar-refractivity contribution in [2.45, 2.75) is 52.4 Å². The number of nitrogens with zero attached hydrogens (tertiary/aromatic N) is 16. The van der Waals surface area contributed by atoms with Crippen LogP contribution in [-0.2, 0) is 15.2 Å². The molecule has 0 radical (unpaired) electrons. The fraction of sp³-hybridized carbons (Fsp3) is 0.186. The lowest BCUT2D eigenvalue weighted by Gasteiger charge is -2.37. The van der Waals surface area contributed by atoms with Gasteiger partial charge < -0.3 is 29.4 Å². The Morgan fingerprint density at radius 1 is 0.217 bits per heavy atom. The number of alkyl halides is 8. The first-order valence-corrected chi connectivity index (χ1v) is 52.3. The topological polar surface area (TPSA) is 205 Å². The Labute approximate surface area is 701 Å². The van der Waals surface area contributed by atoms with Gasteiger partial charge in [-0.25, -0.2) is 59.9 Å². The zero-order valence-corrected chi connectivity index (χ0v) is 75.1. The highest BCUT2D eigenvalue weighted by molar-refractivity contribution is 6.93. The lowest BCUT2D eigenvalue weighted by molar-refractivity contribution is 0.390. The van der Waals surface area contributed by atoms with Crippen LogP contribution in [0.1, 0.15) is 44.5 Å². The molecule has 12 heterocycles. The highest BCUT2D eigenvalue weighted by Gasteiger charge is 2.51. The summed E-state index contributed by atoms with van der Waals surface area (Å²) in [6.07, 6.45) is 0. The van der Waals surface area contributed by atoms with Crippen LogP contribution in [0.3, 0.4) is 0 Å². The summed E-state index contributed by atoms with van der Waals surface area (Å²) in [5, 5.41) is 9.47. The standard InChI is InChI=1S/2C32H16N8.C14H28O4Si4.8CH3F.2Al/c2*1-2-10-18-17(9-1)25-33-26(18)38-28-21-13-5-6-14-22(21)30(35-28)40-32-24-16-8-7-15-23(24)31(36-32)39-29-20-12-4-3-11-19(20)27(34-29)37-25;1-19(2,17-21(5,6)15)13-9-11-14(12-10-13)20(3,4)18-22(7,8)16;8*1-2;;/h2*1-16H;9-12H,1-8H3;8*1H3;;/q3*-2;;;;;;;;;2*+3. The van der Waals surface area contributed by atoms with Crippen molar-refractivity contribution in [1.82, 2.24) is 14.2 Å². The SMILES string of the molecule is CF.CF.CF.CF.CF.CF.CF.CF.C[Si](C)([O][Al]1[n]2c3c4ccccc4c2N=C2N=C(N=c4c5ccccc5c([n]41)=NC1=NC(=N3)c3ccccc31)c1ccccc12)O[Si](C)(C)c1ccc([Si](C)(C)O[Si](C)(C)[O][Al]2[n]3c4c5ccccc5c3N=C3N=C(N=c5c6ccccc6c([n]52)=NC2=NC(=N4)c4ccccc42)c2ccccc23)cc1. The molecule has 0 unspecified atom stereocenters. The molecule has 0 saturated heterocycles. The van der Waals surface area contributed by atoms with E-state index in [1.807, 2.05) is 48.5 Å². The van der Waals surface area contributed by atoms with E-state index in [0.717, 1.165) is 98.0 Å². The van der Waals surface area contributed by atoms with Crippen molar-refractivity contribution < 1.29 is 50.3 Å². The van der Waals surface area contributed by atoms with Crippen molar-refractivity contribution in [3.05, 3.63) is 285 Å². The van der Waals surface area contributed by atoms with Gasteiger partial charge in [-0.1, -0.05) is 218 Å². The molecule has 8 aliphatic rings. The quantitative estimate of drug-likeness (QED) is 0.0967. The lowest BCUT2D eigenvalue weighted by atomic mass is 10.1. The van der Waals surface area contributed by atoms with Crippen LogP contribution in [0.4, 0.5) is 58.4 Å². The van der Waals surface area contributed by atoms with Gasteiger partial charge in [0.05, 0.1) is 57.4 Å². The highest BCUT2D eigenvalue weighted by atomic mass is 28.4. The molecule has 0 fully saturated rings. The number of halogens is 8. The molecule has 12 bridgehead atoms. The monoisotopic (exact) mass is 1720 g/mol. The Morgan fingerprint density at radius 3 is 0.592 bits per heavy atom. The second-order valence-corrected chi connectivity index (χ2v) is 48.5. The van der Waals surface area contributed by atoms with E-state index in [-0.39, 0.29) is 0 Å². The first-order valence-electron chi connectivity index (χ1n) is 37.8. The molecular weight excluding hydrogens is 1640 g/mol. The fourth-order valence-electron chi connectivity index (χ4n) is 16.2. The summed E-state index contributed by atoms with van der Waals surface area (Å²) in [5.41, 5.74) is 9.87. The van der Waals surface area contributed by atoms with Crippen molar-refractivity contribution in [3.63, 3.8) is 0 Å². The van der Waals surface area contributed by atoms with E-state index < -0.39 is 63.6 Å². The van der Waals surface area contributed by atoms with E-state index in [4.69, 9.17) is 75.1 Å². The van der Waals surface area contributed by atoms with E-state index in [2.05, 4.69) is 236 Å². The van der Waals surface area contributed by atoms with E-state index >= 15 is 0 Å². The predicted molar refractivity (Wildman–Crippen MR) is 478 cm³/mol. The summed E-state index contributed by atoms with van der Waals surface area (Å²) in [4.78, 5) is 65.8. The minimum atomic E-state index is -3.31. The van der Waals surface area contributed by atoms with Gasteiger partial charge >= 0.3 is 29.8 Å². The lowest BCUT2D eigenvalue weighted by Crippen LogP contribution is -2.60. The van der Waals surface area contributed by atoms with Crippen LogP contribution < -0.4 is 32.3 Å². The van der Waals surface area contributed by atoms with Gasteiger partial charge in [0.2, 0.25) is 16.6 Å². The molecule has 0 saturated carbocycles. The van der Waals surface area contributed by atoms with E-state index in [1.165, 1.54) is 0 Å². The fourth-order valence-corrected chi connectivity index (χ4v) is 39.6. The highest BCUT2D eigenvalue weighted by Crippen LogP contribution is 2.45. The third-order valence-electron chi connectivity index (χ3n) is 20.6. The van der Waals surface area contributed by atoms with Crippen LogP contribution in [0.2, 0.25) is 52.4 Å². The van der Waals surface area contributed by atoms with Crippen molar-refractivity contribution in [2.75, 3.05) is 57.4 Å². The second kappa shape index (κ2) is 36.1. The molecule has 4 aromatic heterocycles. The van der Waals surface area contributed by atoms with Gasteiger partial charge in [0, 0.05) is 87.6 Å². The normalized spacial score (nSPS) is 14.1. The molecule has 21 rings (SSSR count). The molecule has 0 amide bonds. The summed E-state index contributed by atoms with van der Waals surface area (Å²) < 4.78 is 117. The van der Waals surface area contributed by atoms with E-state index in [0.29, 0.717) is 149 Å². The molecule has 8 aliphatic heterocycles. The average molecular weight is 1720 g/mol. The van der Waals surface area contributed by atoms with Crippen LogP contribution in [0.5, 0.6) is 0 Å². The molecule has 0 aliphatic carbocycles. The van der Waals surface area contributed by atoms with Crippen molar-refractivity contribution >= 4 is 187 Å². The summed E-state index contributed by atoms with van der Waals surface area (Å²) in [5.74, 6) is 7.24. The first kappa shape index (κ1) is 86.8. The molecular formula is C86H84Al2F8N16O4Si4. The summed E-state index contributed by atoms with van der Waals surface area (Å²) in [6.45, 7) is 17.8. The van der Waals surface area contributed by atoms with Gasteiger partial charge in [-0.05, 0) is 62.7 Å². The third-order valence-corrected chi connectivity index (χ3v) is 42.0. The largest absolute Gasteiger partial charge is 0.800 e. The smallest absolute Gasteiger partial charge is 0.490 e. The van der Waals surface area contributed by atoms with Crippen LogP contribution in [0.25, 0.3) is 43.1 Å².